The maximum absolute atomic E-state index is 14.8. The van der Waals surface area contributed by atoms with Crippen molar-refractivity contribution in [3.63, 3.8) is 0 Å². The van der Waals surface area contributed by atoms with Crippen LogP contribution < -0.4 is 15.5 Å². The minimum Gasteiger partial charge on any atom is -0.468 e. The normalized spacial score (nSPS) is 14.8. The van der Waals surface area contributed by atoms with E-state index in [0.717, 1.165) is 0 Å². The summed E-state index contributed by atoms with van der Waals surface area (Å²) in [5.74, 6) is -0.734. The summed E-state index contributed by atoms with van der Waals surface area (Å²) in [6.45, 7) is 6.92. The van der Waals surface area contributed by atoms with Gasteiger partial charge in [-0.2, -0.15) is 0 Å². The second-order valence-corrected chi connectivity index (χ2v) is 9.33. The molecule has 1 aromatic carbocycles. The van der Waals surface area contributed by atoms with E-state index in [1.165, 1.54) is 6.07 Å². The van der Waals surface area contributed by atoms with Crippen molar-refractivity contribution in [2.75, 3.05) is 49.5 Å². The second-order valence-electron chi connectivity index (χ2n) is 7.71. The highest BCUT2D eigenvalue weighted by molar-refractivity contribution is 7.80. The number of thiocarbonyl (C=S) groups is 1. The van der Waals surface area contributed by atoms with E-state index in [1.807, 2.05) is 23.6 Å². The quantitative estimate of drug-likeness (QED) is 0.260. The van der Waals surface area contributed by atoms with Crippen LogP contribution in [0.15, 0.2) is 18.2 Å². The Hall–Kier alpha value is -2.04. The average Bonchev–Trinajstić information content (AvgIpc) is 2.75. The van der Waals surface area contributed by atoms with Crippen molar-refractivity contribution in [2.24, 2.45) is 0 Å². The Kier molecular flexibility index (Phi) is 11.2. The molecule has 8 nitrogen and oxygen atoms in total. The molecule has 1 amide bonds. The minimum atomic E-state index is -0.817. The molecule has 2 rings (SSSR count). The number of anilines is 2. The van der Waals surface area contributed by atoms with Crippen LogP contribution >= 0.6 is 35.4 Å². The summed E-state index contributed by atoms with van der Waals surface area (Å²) in [7, 11) is 0. The van der Waals surface area contributed by atoms with Gasteiger partial charge in [-0.25, -0.2) is 4.39 Å². The molecule has 2 N–H and O–H groups in total. The number of ether oxygens (including phenoxy) is 2. The Labute approximate surface area is 208 Å². The standard InChI is InChI=1S/C21H29Cl2FN4O4S/c1-14(2)32-21(33)28-7-5-27(6-8-28)18-4-3-15(9-17(18)24)25-11-16(31-13-29)12-26-20(30)10-19(22)23/h3-4,9,13-14,16,19,25H,5-8,10-12H2,1-2H3,(H,26,30). The number of amides is 1. The summed E-state index contributed by atoms with van der Waals surface area (Å²) in [4.78, 5) is 25.5. The molecule has 1 saturated heterocycles. The molecule has 1 aliphatic heterocycles. The predicted molar refractivity (Wildman–Crippen MR) is 132 cm³/mol. The number of rotatable bonds is 11. The lowest BCUT2D eigenvalue weighted by Gasteiger charge is -2.37. The Morgan fingerprint density at radius 1 is 1.24 bits per heavy atom. The van der Waals surface area contributed by atoms with Gasteiger partial charge in [-0.3, -0.25) is 9.59 Å². The molecule has 1 unspecified atom stereocenters. The fraction of sp³-hybridized carbons (Fsp3) is 0.571. The lowest BCUT2D eigenvalue weighted by Crippen LogP contribution is -2.49. The summed E-state index contributed by atoms with van der Waals surface area (Å²) in [6.07, 6.45) is -0.699. The molecule has 0 spiro atoms. The third-order valence-electron chi connectivity index (χ3n) is 4.81. The SMILES string of the molecule is CC(C)OC(=S)N1CCN(c2ccc(NCC(CNC(=O)CC(Cl)Cl)OC=O)cc2F)CC1. The molecule has 0 radical (unpaired) electrons. The molecule has 0 saturated carbocycles. The highest BCUT2D eigenvalue weighted by Gasteiger charge is 2.22. The molecule has 33 heavy (non-hydrogen) atoms. The van der Waals surface area contributed by atoms with E-state index in [0.29, 0.717) is 49.2 Å². The molecule has 12 heteroatoms. The van der Waals surface area contributed by atoms with Gasteiger partial charge in [0.2, 0.25) is 5.91 Å². The zero-order valence-electron chi connectivity index (χ0n) is 18.6. The summed E-state index contributed by atoms with van der Waals surface area (Å²) in [5, 5.41) is 6.07. The Morgan fingerprint density at radius 3 is 2.52 bits per heavy atom. The van der Waals surface area contributed by atoms with Gasteiger partial charge in [0.1, 0.15) is 16.8 Å². The van der Waals surface area contributed by atoms with Crippen LogP contribution in [0.25, 0.3) is 0 Å². The van der Waals surface area contributed by atoms with Crippen LogP contribution in [-0.4, -0.2) is 78.8 Å². The van der Waals surface area contributed by atoms with Crippen LogP contribution in [0.2, 0.25) is 0 Å². The summed E-state index contributed by atoms with van der Waals surface area (Å²) < 4.78 is 25.3. The van der Waals surface area contributed by atoms with Crippen molar-refractivity contribution in [3.05, 3.63) is 24.0 Å². The van der Waals surface area contributed by atoms with Gasteiger partial charge < -0.3 is 29.9 Å². The average molecular weight is 523 g/mol. The van der Waals surface area contributed by atoms with E-state index < -0.39 is 10.9 Å². The predicted octanol–water partition coefficient (Wildman–Crippen LogP) is 2.92. The van der Waals surface area contributed by atoms with Gasteiger partial charge >= 0.3 is 0 Å². The first-order valence-corrected chi connectivity index (χ1v) is 11.9. The van der Waals surface area contributed by atoms with Gasteiger partial charge in [-0.15, -0.1) is 23.2 Å². The van der Waals surface area contributed by atoms with Crippen molar-refractivity contribution >= 4 is 64.3 Å². The number of nitrogens with one attached hydrogen (secondary N) is 2. The highest BCUT2D eigenvalue weighted by atomic mass is 35.5. The van der Waals surface area contributed by atoms with E-state index in [4.69, 9.17) is 44.9 Å². The van der Waals surface area contributed by atoms with E-state index >= 15 is 0 Å². The first-order valence-electron chi connectivity index (χ1n) is 10.6. The summed E-state index contributed by atoms with van der Waals surface area (Å²) in [6, 6.07) is 4.84. The van der Waals surface area contributed by atoms with Crippen LogP contribution in [0.1, 0.15) is 20.3 Å². The number of benzene rings is 1. The monoisotopic (exact) mass is 522 g/mol. The number of nitrogens with zero attached hydrogens (tertiary/aromatic N) is 2. The fourth-order valence-electron chi connectivity index (χ4n) is 3.20. The molecule has 0 aliphatic carbocycles. The smallest absolute Gasteiger partial charge is 0.293 e. The highest BCUT2D eigenvalue weighted by Crippen LogP contribution is 2.24. The Bertz CT molecular complexity index is 810. The van der Waals surface area contributed by atoms with Crippen LogP contribution in [0, 0.1) is 5.82 Å². The number of alkyl halides is 2. The summed E-state index contributed by atoms with van der Waals surface area (Å²) >= 11 is 16.4. The van der Waals surface area contributed by atoms with Crippen LogP contribution in [0.4, 0.5) is 15.8 Å². The van der Waals surface area contributed by atoms with Gasteiger partial charge in [0.15, 0.2) is 0 Å². The molecule has 1 atom stereocenters. The lowest BCUT2D eigenvalue weighted by molar-refractivity contribution is -0.134. The van der Waals surface area contributed by atoms with Gasteiger partial charge in [-0.1, -0.05) is 0 Å². The zero-order valence-corrected chi connectivity index (χ0v) is 20.9. The van der Waals surface area contributed by atoms with Crippen molar-refractivity contribution < 1.29 is 23.5 Å². The van der Waals surface area contributed by atoms with Gasteiger partial charge in [0.25, 0.3) is 11.6 Å². The van der Waals surface area contributed by atoms with E-state index in [-0.39, 0.29) is 37.3 Å². The van der Waals surface area contributed by atoms with Crippen LogP contribution in [-0.2, 0) is 19.1 Å². The first-order chi connectivity index (χ1) is 15.7. The van der Waals surface area contributed by atoms with E-state index in [2.05, 4.69) is 10.6 Å². The molecular weight excluding hydrogens is 494 g/mol. The maximum atomic E-state index is 14.8. The van der Waals surface area contributed by atoms with Gasteiger partial charge in [0.05, 0.1) is 31.3 Å². The molecular formula is C21H29Cl2FN4O4S. The third-order valence-corrected chi connectivity index (χ3v) is 5.47. The number of hydrogen-bond donors (Lipinski definition) is 2. The van der Waals surface area contributed by atoms with E-state index in [1.54, 1.807) is 12.1 Å². The van der Waals surface area contributed by atoms with Crippen LogP contribution in [0.3, 0.4) is 0 Å². The molecule has 1 heterocycles. The number of carbonyl (C=O) groups excluding carboxylic acids is 2. The Morgan fingerprint density at radius 2 is 1.94 bits per heavy atom. The molecule has 1 aromatic rings. The number of halogens is 3. The van der Waals surface area contributed by atoms with Crippen LogP contribution in [0.5, 0.6) is 0 Å². The van der Waals surface area contributed by atoms with E-state index in [9.17, 15) is 14.0 Å². The topological polar surface area (TPSA) is 83.1 Å². The molecule has 1 aliphatic rings. The minimum absolute atomic E-state index is 0.0180. The Balaban J connectivity index is 1.87. The fourth-order valence-corrected chi connectivity index (χ4v) is 3.85. The van der Waals surface area contributed by atoms with Crippen molar-refractivity contribution in [1.29, 1.82) is 0 Å². The molecule has 1 fully saturated rings. The molecule has 0 aromatic heterocycles. The second kappa shape index (κ2) is 13.6. The third kappa shape index (κ3) is 9.38. The maximum Gasteiger partial charge on any atom is 0.293 e. The zero-order chi connectivity index (χ0) is 24.4. The van der Waals surface area contributed by atoms with Crippen molar-refractivity contribution in [1.82, 2.24) is 10.2 Å². The lowest BCUT2D eigenvalue weighted by atomic mass is 10.2. The van der Waals surface area contributed by atoms with Gasteiger partial charge in [-0.05, 0) is 44.3 Å². The number of piperazine rings is 1. The van der Waals surface area contributed by atoms with Gasteiger partial charge in [0, 0.05) is 31.9 Å². The number of hydrogen-bond acceptors (Lipinski definition) is 7. The molecule has 0 bridgehead atoms. The first kappa shape index (κ1) is 27.2. The largest absolute Gasteiger partial charge is 0.468 e. The summed E-state index contributed by atoms with van der Waals surface area (Å²) in [5.41, 5.74) is 1.02. The van der Waals surface area contributed by atoms with Crippen molar-refractivity contribution in [2.45, 2.75) is 37.3 Å². The number of carbonyl (C=O) groups is 2. The van der Waals surface area contributed by atoms with Crippen molar-refractivity contribution in [3.8, 4) is 0 Å². The molecule has 184 valence electrons.